The number of likely N-dealkylation sites (tertiary alicyclic amines) is 1. The Hall–Kier alpha value is -4.66. The van der Waals surface area contributed by atoms with Crippen LogP contribution in [0.25, 0.3) is 0 Å². The van der Waals surface area contributed by atoms with E-state index in [1.165, 1.54) is 12.0 Å². The number of carbonyl (C=O) groups excluding carboxylic acids is 4. The number of rotatable bonds is 4. The lowest BCUT2D eigenvalue weighted by molar-refractivity contribution is -0.157. The van der Waals surface area contributed by atoms with Crippen molar-refractivity contribution in [3.05, 3.63) is 101 Å². The zero-order valence-corrected chi connectivity index (χ0v) is 26.1. The van der Waals surface area contributed by atoms with Crippen LogP contribution in [0.1, 0.15) is 61.9 Å². The third-order valence-electron chi connectivity index (χ3n) is 8.97. The maximum Gasteiger partial charge on any atom is 0.415 e. The molecule has 3 aromatic carbocycles. The van der Waals surface area contributed by atoms with Crippen LogP contribution in [-0.2, 0) is 43.2 Å². The fraction of sp³-hybridized carbons (Fsp3) is 0.389. The Morgan fingerprint density at radius 2 is 1.33 bits per heavy atom. The second-order valence-electron chi connectivity index (χ2n) is 12.9. The molecule has 0 aliphatic carbocycles. The van der Waals surface area contributed by atoms with E-state index in [1.54, 1.807) is 30.6 Å². The number of hydrogen-bond donors (Lipinski definition) is 0. The molecule has 0 N–H and O–H groups in total. The summed E-state index contributed by atoms with van der Waals surface area (Å²) in [6.07, 6.45) is 1.01. The third kappa shape index (κ3) is 5.79. The Bertz CT molecular complexity index is 1620. The van der Waals surface area contributed by atoms with Crippen LogP contribution in [-0.4, -0.2) is 64.5 Å². The minimum Gasteiger partial charge on any atom is -0.467 e. The fourth-order valence-corrected chi connectivity index (χ4v) is 6.95. The molecule has 3 heterocycles. The van der Waals surface area contributed by atoms with Gasteiger partial charge in [-0.2, -0.15) is 0 Å². The normalized spacial score (nSPS) is 22.4. The van der Waals surface area contributed by atoms with Crippen LogP contribution in [0.3, 0.4) is 0 Å². The van der Waals surface area contributed by atoms with E-state index in [1.807, 2.05) is 78.9 Å². The summed E-state index contributed by atoms with van der Waals surface area (Å²) in [4.78, 5) is 60.8. The van der Waals surface area contributed by atoms with Crippen molar-refractivity contribution in [1.29, 1.82) is 0 Å². The van der Waals surface area contributed by atoms with Crippen LogP contribution in [0.5, 0.6) is 0 Å². The van der Waals surface area contributed by atoms with Gasteiger partial charge < -0.3 is 19.3 Å². The molecule has 1 fully saturated rings. The molecule has 3 aliphatic rings. The van der Waals surface area contributed by atoms with Gasteiger partial charge in [0, 0.05) is 19.4 Å². The highest BCUT2D eigenvalue weighted by Crippen LogP contribution is 2.42. The first-order valence-corrected chi connectivity index (χ1v) is 15.5. The summed E-state index contributed by atoms with van der Waals surface area (Å²) >= 11 is 0. The molecule has 0 saturated carbocycles. The minimum absolute atomic E-state index is 0.238. The lowest BCUT2D eigenvalue weighted by Crippen LogP contribution is -2.58. The van der Waals surface area contributed by atoms with Gasteiger partial charge in [-0.3, -0.25) is 14.5 Å². The van der Waals surface area contributed by atoms with Crippen molar-refractivity contribution < 1.29 is 28.7 Å². The number of methoxy groups -OCH3 is 1. The molecule has 9 heteroatoms. The number of esters is 1. The van der Waals surface area contributed by atoms with Crippen LogP contribution in [0.4, 0.5) is 10.5 Å². The predicted molar refractivity (Wildman–Crippen MR) is 168 cm³/mol. The number of ether oxygens (including phenoxy) is 2. The molecular formula is C36H39N3O6. The van der Waals surface area contributed by atoms with Crippen LogP contribution < -0.4 is 4.90 Å². The molecule has 0 aromatic heterocycles. The van der Waals surface area contributed by atoms with Gasteiger partial charge in [0.2, 0.25) is 11.8 Å². The number of nitrogens with zero attached hydrogens (tertiary/aromatic N) is 3. The molecule has 0 bridgehead atoms. The highest BCUT2D eigenvalue weighted by molar-refractivity contribution is 6.02. The quantitative estimate of drug-likeness (QED) is 0.377. The van der Waals surface area contributed by atoms with E-state index in [0.717, 1.165) is 22.3 Å². The second-order valence-corrected chi connectivity index (χ2v) is 12.9. The summed E-state index contributed by atoms with van der Waals surface area (Å²) in [7, 11) is 1.32. The molecule has 0 unspecified atom stereocenters. The summed E-state index contributed by atoms with van der Waals surface area (Å²) in [6, 6.07) is 22.0. The van der Waals surface area contributed by atoms with Crippen LogP contribution in [0.15, 0.2) is 78.9 Å². The maximum atomic E-state index is 14.9. The molecule has 0 radical (unpaired) electrons. The lowest BCUT2D eigenvalue weighted by Gasteiger charge is -2.40. The van der Waals surface area contributed by atoms with Crippen molar-refractivity contribution in [2.45, 2.75) is 82.8 Å². The van der Waals surface area contributed by atoms with Crippen molar-refractivity contribution in [2.24, 2.45) is 0 Å². The summed E-state index contributed by atoms with van der Waals surface area (Å²) in [5, 5.41) is 0. The lowest BCUT2D eigenvalue weighted by atomic mass is 9.93. The Morgan fingerprint density at radius 3 is 2.02 bits per heavy atom. The first-order valence-electron chi connectivity index (χ1n) is 15.5. The first kappa shape index (κ1) is 30.4. The molecule has 45 heavy (non-hydrogen) atoms. The smallest absolute Gasteiger partial charge is 0.415 e. The zero-order valence-electron chi connectivity index (χ0n) is 26.1. The Morgan fingerprint density at radius 1 is 0.711 bits per heavy atom. The van der Waals surface area contributed by atoms with E-state index in [2.05, 4.69) is 0 Å². The van der Waals surface area contributed by atoms with Crippen LogP contribution >= 0.6 is 0 Å². The first-order chi connectivity index (χ1) is 21.6. The number of hydrogen-bond acceptors (Lipinski definition) is 6. The number of carbonyl (C=O) groups is 4. The third-order valence-corrected chi connectivity index (χ3v) is 8.97. The highest BCUT2D eigenvalue weighted by Gasteiger charge is 2.50. The zero-order chi connectivity index (χ0) is 31.9. The summed E-state index contributed by atoms with van der Waals surface area (Å²) in [6.45, 7) is 5.61. The largest absolute Gasteiger partial charge is 0.467 e. The second kappa shape index (κ2) is 12.0. The Labute approximate surface area is 263 Å². The number of fused-ring (bicyclic) bond motifs is 2. The van der Waals surface area contributed by atoms with E-state index in [-0.39, 0.29) is 24.4 Å². The van der Waals surface area contributed by atoms with E-state index >= 15 is 0 Å². The van der Waals surface area contributed by atoms with E-state index in [9.17, 15) is 19.2 Å². The standard InChI is InChI=1S/C36H39N3O6/c1-36(2,3)45-35(43)39-27-17-11-10-15-25(27)21-30(39)33(41)38-28(23-12-6-5-7-13-23)18-19-29(38)32(40)37-22-26-16-9-8-14-24(26)20-31(37)34(42)44-4/h5-17,28-31H,18-22H2,1-4H3/t28-,29+,30+,31+/m0/s1. The van der Waals surface area contributed by atoms with E-state index in [0.29, 0.717) is 31.4 Å². The summed E-state index contributed by atoms with van der Waals surface area (Å²) in [5.74, 6) is -1.12. The average Bonchev–Trinajstić information content (AvgIpc) is 3.65. The molecule has 6 rings (SSSR count). The topological polar surface area (TPSA) is 96.5 Å². The molecular weight excluding hydrogens is 570 g/mol. The van der Waals surface area contributed by atoms with Gasteiger partial charge in [0.05, 0.1) is 18.8 Å². The molecule has 234 valence electrons. The maximum absolute atomic E-state index is 14.9. The number of para-hydroxylation sites is 1. The van der Waals surface area contributed by atoms with E-state index in [4.69, 9.17) is 9.47 Å². The van der Waals surface area contributed by atoms with Crippen molar-refractivity contribution in [3.63, 3.8) is 0 Å². The molecule has 0 spiro atoms. The van der Waals surface area contributed by atoms with Gasteiger partial charge in [-0.1, -0.05) is 72.8 Å². The van der Waals surface area contributed by atoms with Gasteiger partial charge in [-0.05, 0) is 61.9 Å². The molecule has 1 saturated heterocycles. The SMILES string of the molecule is COC(=O)[C@H]1Cc2ccccc2CN1C(=O)[C@H]1CC[C@@H](c2ccccc2)N1C(=O)[C@H]1Cc2ccccc2N1C(=O)OC(C)(C)C. The average molecular weight is 610 g/mol. The van der Waals surface area contributed by atoms with Gasteiger partial charge in [-0.25, -0.2) is 9.59 Å². The molecule has 3 aliphatic heterocycles. The van der Waals surface area contributed by atoms with Crippen molar-refractivity contribution in [1.82, 2.24) is 9.80 Å². The minimum atomic E-state index is -0.893. The number of benzene rings is 3. The van der Waals surface area contributed by atoms with E-state index < -0.39 is 35.8 Å². The molecule has 3 amide bonds. The molecule has 9 nitrogen and oxygen atoms in total. The monoisotopic (exact) mass is 609 g/mol. The van der Waals surface area contributed by atoms with Crippen LogP contribution in [0.2, 0.25) is 0 Å². The van der Waals surface area contributed by atoms with Crippen LogP contribution in [0, 0.1) is 0 Å². The van der Waals surface area contributed by atoms with Crippen molar-refractivity contribution in [2.75, 3.05) is 12.0 Å². The van der Waals surface area contributed by atoms with Crippen molar-refractivity contribution in [3.8, 4) is 0 Å². The summed E-state index contributed by atoms with van der Waals surface area (Å²) in [5.41, 5.74) is 3.59. The van der Waals surface area contributed by atoms with Gasteiger partial charge in [-0.15, -0.1) is 0 Å². The Kier molecular flexibility index (Phi) is 8.12. The predicted octanol–water partition coefficient (Wildman–Crippen LogP) is 5.21. The van der Waals surface area contributed by atoms with Gasteiger partial charge in [0.1, 0.15) is 23.7 Å². The van der Waals surface area contributed by atoms with Crippen molar-refractivity contribution >= 4 is 29.6 Å². The number of anilines is 1. The highest BCUT2D eigenvalue weighted by atomic mass is 16.6. The number of amides is 3. The molecule has 3 aromatic rings. The van der Waals surface area contributed by atoms with Gasteiger partial charge in [0.15, 0.2) is 0 Å². The summed E-state index contributed by atoms with van der Waals surface area (Å²) < 4.78 is 10.9. The van der Waals surface area contributed by atoms with Gasteiger partial charge >= 0.3 is 12.1 Å². The molecule has 4 atom stereocenters. The fourth-order valence-electron chi connectivity index (χ4n) is 6.95. The Balaban J connectivity index is 1.38. The van der Waals surface area contributed by atoms with Gasteiger partial charge in [0.25, 0.3) is 0 Å².